The Morgan fingerprint density at radius 1 is 1.03 bits per heavy atom. The Balaban J connectivity index is 1.61. The molecule has 2 saturated heterocycles. The third-order valence-electron chi connectivity index (χ3n) is 6.84. The predicted octanol–water partition coefficient (Wildman–Crippen LogP) is 3.24. The van der Waals surface area contributed by atoms with Crippen molar-refractivity contribution in [1.82, 2.24) is 9.21 Å². The zero-order chi connectivity index (χ0) is 21.3. The first-order valence-corrected chi connectivity index (χ1v) is 12.6. The highest BCUT2D eigenvalue weighted by atomic mass is 32.2. The Morgan fingerprint density at radius 2 is 1.73 bits per heavy atom. The zero-order valence-corrected chi connectivity index (χ0v) is 18.7. The van der Waals surface area contributed by atoms with E-state index in [1.807, 2.05) is 6.07 Å². The average molecular weight is 429 g/mol. The summed E-state index contributed by atoms with van der Waals surface area (Å²) in [4.78, 5) is 2.32. The summed E-state index contributed by atoms with van der Waals surface area (Å²) in [6, 6.07) is 17.1. The van der Waals surface area contributed by atoms with Crippen molar-refractivity contribution in [3.63, 3.8) is 0 Å². The van der Waals surface area contributed by atoms with Crippen molar-refractivity contribution < 1.29 is 13.5 Å². The van der Waals surface area contributed by atoms with Crippen LogP contribution in [0.3, 0.4) is 0 Å². The second-order valence-electron chi connectivity index (χ2n) is 8.48. The number of fused-ring (bicyclic) bond motifs is 1. The van der Waals surface area contributed by atoms with Crippen LogP contribution < -0.4 is 0 Å². The molecule has 0 bridgehead atoms. The molecule has 0 aromatic heterocycles. The fraction of sp³-hybridized carbons (Fsp3) is 0.500. The van der Waals surface area contributed by atoms with Crippen LogP contribution in [0.15, 0.2) is 48.5 Å². The summed E-state index contributed by atoms with van der Waals surface area (Å²) in [5.41, 5.74) is 4.83. The molecule has 4 rings (SSSR count). The molecule has 2 aliphatic rings. The van der Waals surface area contributed by atoms with Crippen LogP contribution >= 0.6 is 0 Å². The second kappa shape index (κ2) is 8.79. The zero-order valence-electron chi connectivity index (χ0n) is 17.9. The van der Waals surface area contributed by atoms with Crippen LogP contribution in [0.4, 0.5) is 0 Å². The number of aliphatic hydroxyl groups is 1. The van der Waals surface area contributed by atoms with Crippen molar-refractivity contribution in [3.05, 3.63) is 59.7 Å². The lowest BCUT2D eigenvalue weighted by atomic mass is 9.74. The Labute approximate surface area is 180 Å². The van der Waals surface area contributed by atoms with E-state index in [-0.39, 0.29) is 30.4 Å². The largest absolute Gasteiger partial charge is 0.395 e. The number of nitrogens with zero attached hydrogens (tertiary/aromatic N) is 2. The van der Waals surface area contributed by atoms with Crippen molar-refractivity contribution in [2.24, 2.45) is 0 Å². The topological polar surface area (TPSA) is 60.9 Å². The molecule has 2 aromatic carbocycles. The molecule has 2 aliphatic heterocycles. The predicted molar refractivity (Wildman–Crippen MR) is 121 cm³/mol. The maximum absolute atomic E-state index is 12.6. The fourth-order valence-corrected chi connectivity index (χ4v) is 6.28. The lowest BCUT2D eigenvalue weighted by Crippen LogP contribution is -2.67. The number of hydrogen-bond acceptors (Lipinski definition) is 4. The summed E-state index contributed by atoms with van der Waals surface area (Å²) in [5.74, 6) is 0.285. The van der Waals surface area contributed by atoms with Crippen molar-refractivity contribution >= 4 is 10.0 Å². The summed E-state index contributed by atoms with van der Waals surface area (Å²) in [6.45, 7) is 5.96. The SMILES string of the molecule is CCS(=O)(=O)N1CCCCN2[C@H](CO)[C@H](c3ccc(-c4ccccc4C)cc3)[C@H]2C1. The third-order valence-corrected chi connectivity index (χ3v) is 8.69. The molecule has 0 saturated carbocycles. The van der Waals surface area contributed by atoms with Crippen molar-refractivity contribution in [3.8, 4) is 11.1 Å². The molecule has 30 heavy (non-hydrogen) atoms. The van der Waals surface area contributed by atoms with Crippen molar-refractivity contribution in [2.75, 3.05) is 32.0 Å². The summed E-state index contributed by atoms with van der Waals surface area (Å²) in [5, 5.41) is 10.1. The average Bonchev–Trinajstić information content (AvgIpc) is 2.73. The quantitative estimate of drug-likeness (QED) is 0.794. The van der Waals surface area contributed by atoms with Gasteiger partial charge >= 0.3 is 0 Å². The van der Waals surface area contributed by atoms with E-state index < -0.39 is 10.0 Å². The van der Waals surface area contributed by atoms with E-state index in [0.717, 1.165) is 19.4 Å². The second-order valence-corrected chi connectivity index (χ2v) is 10.7. The van der Waals surface area contributed by atoms with Gasteiger partial charge in [-0.2, -0.15) is 0 Å². The molecule has 0 amide bonds. The molecule has 3 atom stereocenters. The molecule has 2 fully saturated rings. The van der Waals surface area contributed by atoms with Crippen LogP contribution in [0, 0.1) is 6.92 Å². The van der Waals surface area contributed by atoms with Crippen LogP contribution in [-0.4, -0.2) is 66.8 Å². The molecule has 6 heteroatoms. The van der Waals surface area contributed by atoms with Gasteiger partial charge in [-0.25, -0.2) is 12.7 Å². The first-order chi connectivity index (χ1) is 14.5. The van der Waals surface area contributed by atoms with Gasteiger partial charge in [-0.05, 0) is 55.5 Å². The summed E-state index contributed by atoms with van der Waals surface area (Å²) >= 11 is 0. The highest BCUT2D eigenvalue weighted by molar-refractivity contribution is 7.89. The van der Waals surface area contributed by atoms with Gasteiger partial charge in [0.1, 0.15) is 0 Å². The Kier molecular flexibility index (Phi) is 6.30. The Morgan fingerprint density at radius 3 is 2.40 bits per heavy atom. The molecular weight excluding hydrogens is 396 g/mol. The first kappa shape index (κ1) is 21.5. The number of sulfonamides is 1. The van der Waals surface area contributed by atoms with E-state index >= 15 is 0 Å². The van der Waals surface area contributed by atoms with Crippen LogP contribution in [-0.2, 0) is 10.0 Å². The minimum Gasteiger partial charge on any atom is -0.395 e. The van der Waals surface area contributed by atoms with Gasteiger partial charge in [0.25, 0.3) is 0 Å². The number of rotatable bonds is 5. The van der Waals surface area contributed by atoms with E-state index in [1.165, 1.54) is 22.3 Å². The highest BCUT2D eigenvalue weighted by Crippen LogP contribution is 2.42. The Hall–Kier alpha value is -1.73. The maximum atomic E-state index is 12.6. The highest BCUT2D eigenvalue weighted by Gasteiger charge is 2.49. The number of benzene rings is 2. The van der Waals surface area contributed by atoms with Crippen LogP contribution in [0.25, 0.3) is 11.1 Å². The standard InChI is InChI=1S/C24H32N2O3S/c1-3-30(28,29)25-14-6-7-15-26-22(16-25)24(23(26)17-27)20-12-10-19(11-13-20)21-9-5-4-8-18(21)2/h4-5,8-13,22-24,27H,3,6-7,14-17H2,1-2H3/t22-,23-,24-/m1/s1. The lowest BCUT2D eigenvalue weighted by Gasteiger charge is -2.57. The molecule has 0 radical (unpaired) electrons. The molecule has 0 unspecified atom stereocenters. The fourth-order valence-electron chi connectivity index (χ4n) is 5.13. The molecule has 2 heterocycles. The van der Waals surface area contributed by atoms with Gasteiger partial charge in [0.2, 0.25) is 10.0 Å². The Bertz CT molecular complexity index is 974. The van der Waals surface area contributed by atoms with E-state index in [4.69, 9.17) is 0 Å². The van der Waals surface area contributed by atoms with Gasteiger partial charge in [0, 0.05) is 31.1 Å². The summed E-state index contributed by atoms with van der Waals surface area (Å²) in [6.07, 6.45) is 1.83. The van der Waals surface area contributed by atoms with Gasteiger partial charge in [-0.3, -0.25) is 4.90 Å². The first-order valence-electron chi connectivity index (χ1n) is 11.0. The molecule has 0 spiro atoms. The van der Waals surface area contributed by atoms with Crippen LogP contribution in [0.1, 0.15) is 36.8 Å². The van der Waals surface area contributed by atoms with E-state index in [2.05, 4.69) is 54.3 Å². The van der Waals surface area contributed by atoms with Gasteiger partial charge < -0.3 is 5.11 Å². The van der Waals surface area contributed by atoms with Gasteiger partial charge in [0.05, 0.1) is 12.4 Å². The maximum Gasteiger partial charge on any atom is 0.213 e. The monoisotopic (exact) mass is 428 g/mol. The molecule has 0 aliphatic carbocycles. The van der Waals surface area contributed by atoms with Crippen molar-refractivity contribution in [1.29, 1.82) is 0 Å². The van der Waals surface area contributed by atoms with Gasteiger partial charge in [-0.15, -0.1) is 0 Å². The minimum absolute atomic E-state index is 0.0589. The van der Waals surface area contributed by atoms with Gasteiger partial charge in [0.15, 0.2) is 0 Å². The third kappa shape index (κ3) is 3.94. The van der Waals surface area contributed by atoms with Gasteiger partial charge in [-0.1, -0.05) is 48.5 Å². The number of aryl methyl sites for hydroxylation is 1. The molecule has 5 nitrogen and oxygen atoms in total. The van der Waals surface area contributed by atoms with Crippen LogP contribution in [0.2, 0.25) is 0 Å². The van der Waals surface area contributed by atoms with E-state index in [0.29, 0.717) is 13.1 Å². The smallest absolute Gasteiger partial charge is 0.213 e. The molecular formula is C24H32N2O3S. The van der Waals surface area contributed by atoms with Crippen molar-refractivity contribution in [2.45, 2.75) is 44.7 Å². The minimum atomic E-state index is -3.22. The molecule has 2 aromatic rings. The lowest BCUT2D eigenvalue weighted by molar-refractivity contribution is -0.0553. The van der Waals surface area contributed by atoms with Crippen LogP contribution in [0.5, 0.6) is 0 Å². The number of hydrogen-bond donors (Lipinski definition) is 1. The molecule has 1 N–H and O–H groups in total. The number of aliphatic hydroxyl groups excluding tert-OH is 1. The summed E-state index contributed by atoms with van der Waals surface area (Å²) < 4.78 is 26.8. The normalized spacial score (nSPS) is 25.8. The van der Waals surface area contributed by atoms with E-state index in [9.17, 15) is 13.5 Å². The molecule has 162 valence electrons. The summed E-state index contributed by atoms with van der Waals surface area (Å²) in [7, 11) is -3.22. The van der Waals surface area contributed by atoms with E-state index in [1.54, 1.807) is 11.2 Å².